The molecule has 1 aliphatic heterocycles. The number of amides is 2. The van der Waals surface area contributed by atoms with E-state index in [4.69, 9.17) is 4.74 Å². The summed E-state index contributed by atoms with van der Waals surface area (Å²) in [6.45, 7) is 10.8. The summed E-state index contributed by atoms with van der Waals surface area (Å²) in [5.41, 5.74) is 4.05. The SMILES string of the molecule is CC(C)(C)OC(=O)NNC(=O)CCCCCN1CCNCC1. The van der Waals surface area contributed by atoms with Gasteiger partial charge in [-0.3, -0.25) is 10.2 Å². The Labute approximate surface area is 133 Å². The summed E-state index contributed by atoms with van der Waals surface area (Å²) < 4.78 is 5.02. The molecule has 128 valence electrons. The van der Waals surface area contributed by atoms with Gasteiger partial charge in [0.05, 0.1) is 0 Å². The van der Waals surface area contributed by atoms with Crippen LogP contribution in [-0.4, -0.2) is 55.2 Å². The molecule has 0 spiro atoms. The average molecular weight is 314 g/mol. The van der Waals surface area contributed by atoms with Crippen molar-refractivity contribution >= 4 is 12.0 Å². The van der Waals surface area contributed by atoms with Gasteiger partial charge in [-0.15, -0.1) is 0 Å². The first-order valence-corrected chi connectivity index (χ1v) is 8.08. The summed E-state index contributed by atoms with van der Waals surface area (Å²) in [6, 6.07) is 0. The van der Waals surface area contributed by atoms with Crippen LogP contribution in [0.25, 0.3) is 0 Å². The summed E-state index contributed by atoms with van der Waals surface area (Å²) in [5.74, 6) is -0.187. The van der Waals surface area contributed by atoms with Crippen molar-refractivity contribution in [3.05, 3.63) is 0 Å². The number of carbonyl (C=O) groups is 2. The molecule has 0 radical (unpaired) electrons. The molecule has 1 heterocycles. The number of piperazine rings is 1. The molecule has 0 saturated carbocycles. The van der Waals surface area contributed by atoms with Gasteiger partial charge in [-0.05, 0) is 40.2 Å². The van der Waals surface area contributed by atoms with Crippen molar-refractivity contribution in [3.8, 4) is 0 Å². The second kappa shape index (κ2) is 9.63. The van der Waals surface area contributed by atoms with Gasteiger partial charge in [-0.2, -0.15) is 0 Å². The van der Waals surface area contributed by atoms with Gasteiger partial charge in [0.25, 0.3) is 0 Å². The van der Waals surface area contributed by atoms with E-state index in [1.54, 1.807) is 20.8 Å². The van der Waals surface area contributed by atoms with Crippen molar-refractivity contribution in [1.82, 2.24) is 21.1 Å². The standard InChI is InChI=1S/C15H30N4O3/c1-15(2,3)22-14(21)18-17-13(20)7-5-4-6-10-19-11-8-16-9-12-19/h16H,4-12H2,1-3H3,(H,17,20)(H,18,21). The van der Waals surface area contributed by atoms with E-state index in [1.165, 1.54) is 0 Å². The first kappa shape index (κ1) is 18.7. The van der Waals surface area contributed by atoms with Gasteiger partial charge in [-0.25, -0.2) is 10.2 Å². The zero-order chi connectivity index (χ0) is 16.4. The van der Waals surface area contributed by atoms with E-state index in [-0.39, 0.29) is 5.91 Å². The maximum absolute atomic E-state index is 11.6. The molecule has 0 aromatic carbocycles. The molecule has 1 aliphatic rings. The Kier molecular flexibility index (Phi) is 8.19. The van der Waals surface area contributed by atoms with E-state index in [2.05, 4.69) is 21.1 Å². The fraction of sp³-hybridized carbons (Fsp3) is 0.867. The summed E-state index contributed by atoms with van der Waals surface area (Å²) in [4.78, 5) is 25.4. The van der Waals surface area contributed by atoms with E-state index < -0.39 is 11.7 Å². The lowest BCUT2D eigenvalue weighted by atomic mass is 10.2. The van der Waals surface area contributed by atoms with Crippen molar-refractivity contribution < 1.29 is 14.3 Å². The first-order valence-electron chi connectivity index (χ1n) is 8.08. The predicted molar refractivity (Wildman–Crippen MR) is 85.3 cm³/mol. The topological polar surface area (TPSA) is 82.7 Å². The van der Waals surface area contributed by atoms with E-state index in [1.807, 2.05) is 0 Å². The van der Waals surface area contributed by atoms with Crippen LogP contribution in [0.5, 0.6) is 0 Å². The van der Waals surface area contributed by atoms with Crippen molar-refractivity contribution in [2.75, 3.05) is 32.7 Å². The smallest absolute Gasteiger partial charge is 0.426 e. The summed E-state index contributed by atoms with van der Waals surface area (Å²) in [7, 11) is 0. The van der Waals surface area contributed by atoms with Crippen LogP contribution in [-0.2, 0) is 9.53 Å². The molecule has 1 rings (SSSR count). The summed E-state index contributed by atoms with van der Waals surface area (Å²) in [6.07, 6.45) is 2.72. The summed E-state index contributed by atoms with van der Waals surface area (Å²) in [5, 5.41) is 3.33. The van der Waals surface area contributed by atoms with Crippen LogP contribution in [0.4, 0.5) is 4.79 Å². The molecule has 22 heavy (non-hydrogen) atoms. The first-order chi connectivity index (χ1) is 10.4. The highest BCUT2D eigenvalue weighted by Gasteiger charge is 2.16. The molecule has 7 heteroatoms. The third-order valence-corrected chi connectivity index (χ3v) is 3.29. The highest BCUT2D eigenvalue weighted by molar-refractivity contribution is 5.79. The molecule has 0 atom stereocenters. The second-order valence-corrected chi connectivity index (χ2v) is 6.58. The molecule has 1 saturated heterocycles. The number of ether oxygens (including phenoxy) is 1. The molecule has 0 aliphatic carbocycles. The van der Waals surface area contributed by atoms with Crippen molar-refractivity contribution in [3.63, 3.8) is 0 Å². The Morgan fingerprint density at radius 2 is 1.77 bits per heavy atom. The molecular weight excluding hydrogens is 284 g/mol. The van der Waals surface area contributed by atoms with E-state index >= 15 is 0 Å². The van der Waals surface area contributed by atoms with E-state index in [0.29, 0.717) is 6.42 Å². The van der Waals surface area contributed by atoms with Gasteiger partial charge in [0, 0.05) is 32.6 Å². The number of unbranched alkanes of at least 4 members (excludes halogenated alkanes) is 2. The third kappa shape index (κ3) is 9.57. The summed E-state index contributed by atoms with van der Waals surface area (Å²) >= 11 is 0. The van der Waals surface area contributed by atoms with Crippen molar-refractivity contribution in [2.45, 2.75) is 52.1 Å². The van der Waals surface area contributed by atoms with Crippen LogP contribution in [0.1, 0.15) is 46.5 Å². The highest BCUT2D eigenvalue weighted by Crippen LogP contribution is 2.06. The van der Waals surface area contributed by atoms with Crippen LogP contribution < -0.4 is 16.2 Å². The van der Waals surface area contributed by atoms with Crippen LogP contribution in [0.3, 0.4) is 0 Å². The lowest BCUT2D eigenvalue weighted by Crippen LogP contribution is -2.44. The monoisotopic (exact) mass is 314 g/mol. The Morgan fingerprint density at radius 3 is 2.41 bits per heavy atom. The fourth-order valence-electron chi connectivity index (χ4n) is 2.22. The van der Waals surface area contributed by atoms with Gasteiger partial charge in [0.2, 0.25) is 5.91 Å². The number of rotatable bonds is 6. The Morgan fingerprint density at radius 1 is 1.09 bits per heavy atom. The van der Waals surface area contributed by atoms with Crippen LogP contribution in [0.2, 0.25) is 0 Å². The lowest BCUT2D eigenvalue weighted by molar-refractivity contribution is -0.122. The molecule has 0 bridgehead atoms. The van der Waals surface area contributed by atoms with Gasteiger partial charge < -0.3 is 15.0 Å². The van der Waals surface area contributed by atoms with E-state index in [9.17, 15) is 9.59 Å². The Bertz CT molecular complexity index is 349. The van der Waals surface area contributed by atoms with Gasteiger partial charge >= 0.3 is 6.09 Å². The number of nitrogens with zero attached hydrogens (tertiary/aromatic N) is 1. The van der Waals surface area contributed by atoms with Gasteiger partial charge in [0.1, 0.15) is 5.60 Å². The molecule has 0 aromatic rings. The molecule has 0 aromatic heterocycles. The predicted octanol–water partition coefficient (Wildman–Crippen LogP) is 1.01. The zero-order valence-electron chi connectivity index (χ0n) is 14.0. The molecule has 7 nitrogen and oxygen atoms in total. The van der Waals surface area contributed by atoms with Crippen LogP contribution in [0, 0.1) is 0 Å². The van der Waals surface area contributed by atoms with Gasteiger partial charge in [-0.1, -0.05) is 6.42 Å². The number of hydrogen-bond donors (Lipinski definition) is 3. The van der Waals surface area contributed by atoms with Gasteiger partial charge in [0.15, 0.2) is 0 Å². The van der Waals surface area contributed by atoms with Crippen LogP contribution in [0.15, 0.2) is 0 Å². The van der Waals surface area contributed by atoms with Crippen molar-refractivity contribution in [2.24, 2.45) is 0 Å². The third-order valence-electron chi connectivity index (χ3n) is 3.29. The minimum Gasteiger partial charge on any atom is -0.443 e. The van der Waals surface area contributed by atoms with Crippen molar-refractivity contribution in [1.29, 1.82) is 0 Å². The Balaban J connectivity index is 1.98. The number of hydrogen-bond acceptors (Lipinski definition) is 5. The maximum Gasteiger partial charge on any atom is 0.426 e. The molecule has 3 N–H and O–H groups in total. The fourth-order valence-corrected chi connectivity index (χ4v) is 2.22. The normalized spacial score (nSPS) is 16.1. The second-order valence-electron chi connectivity index (χ2n) is 6.58. The Hall–Kier alpha value is -1.34. The molecule has 1 fully saturated rings. The molecule has 2 amide bonds. The highest BCUT2D eigenvalue weighted by atomic mass is 16.6. The number of hydrazine groups is 1. The lowest BCUT2D eigenvalue weighted by Gasteiger charge is -2.26. The van der Waals surface area contributed by atoms with E-state index in [0.717, 1.165) is 52.0 Å². The maximum atomic E-state index is 11.6. The molecular formula is C15H30N4O3. The minimum atomic E-state index is -0.639. The minimum absolute atomic E-state index is 0.187. The quantitative estimate of drug-likeness (QED) is 0.503. The number of nitrogens with one attached hydrogen (secondary N) is 3. The number of carbonyl (C=O) groups excluding carboxylic acids is 2. The zero-order valence-corrected chi connectivity index (χ0v) is 14.0. The molecule has 0 unspecified atom stereocenters. The van der Waals surface area contributed by atoms with Crippen LogP contribution >= 0.6 is 0 Å². The average Bonchev–Trinajstić information content (AvgIpc) is 2.44. The largest absolute Gasteiger partial charge is 0.443 e.